The van der Waals surface area contributed by atoms with E-state index in [9.17, 15) is 9.18 Å². The Bertz CT molecular complexity index is 602. The molecule has 1 aromatic carbocycles. The molecule has 2 rings (SSSR count). The van der Waals surface area contributed by atoms with Gasteiger partial charge in [-0.3, -0.25) is 0 Å². The Morgan fingerprint density at radius 2 is 2.30 bits per heavy atom. The molecular weight excluding hydrogens is 345 g/mol. The first-order valence-electron chi connectivity index (χ1n) is 6.03. The lowest BCUT2D eigenvalue weighted by atomic mass is 10.2. The summed E-state index contributed by atoms with van der Waals surface area (Å²) >= 11 is 4.79. The minimum atomic E-state index is -0.645. The number of carbonyl (C=O) groups is 1. The number of thiophene rings is 1. The zero-order chi connectivity index (χ0) is 14.5. The lowest BCUT2D eigenvalue weighted by Crippen LogP contribution is -2.22. The van der Waals surface area contributed by atoms with Gasteiger partial charge in [0.25, 0.3) is 0 Å². The Kier molecular flexibility index (Phi) is 5.14. The molecule has 0 bridgehead atoms. The Morgan fingerprint density at radius 3 is 2.90 bits per heavy atom. The average molecular weight is 358 g/mol. The van der Waals surface area contributed by atoms with Crippen molar-refractivity contribution in [1.82, 2.24) is 0 Å². The van der Waals surface area contributed by atoms with Crippen molar-refractivity contribution in [2.24, 2.45) is 0 Å². The van der Waals surface area contributed by atoms with Crippen LogP contribution in [-0.2, 0) is 9.53 Å². The molecule has 20 heavy (non-hydrogen) atoms. The summed E-state index contributed by atoms with van der Waals surface area (Å²) in [4.78, 5) is 12.9. The fraction of sp³-hybridized carbons (Fsp3) is 0.214. The van der Waals surface area contributed by atoms with Crippen molar-refractivity contribution in [3.8, 4) is 0 Å². The second-order valence-electron chi connectivity index (χ2n) is 4.01. The predicted molar refractivity (Wildman–Crippen MR) is 81.4 cm³/mol. The summed E-state index contributed by atoms with van der Waals surface area (Å²) in [5.41, 5.74) is 0.535. The minimum absolute atomic E-state index is 0.298. The first-order chi connectivity index (χ1) is 9.60. The molecule has 0 radical (unpaired) electrons. The largest absolute Gasteiger partial charge is 0.464 e. The monoisotopic (exact) mass is 357 g/mol. The van der Waals surface area contributed by atoms with Gasteiger partial charge in [0.1, 0.15) is 5.82 Å². The van der Waals surface area contributed by atoms with E-state index in [0.717, 1.165) is 9.35 Å². The second-order valence-corrected chi connectivity index (χ2v) is 5.87. The zero-order valence-electron chi connectivity index (χ0n) is 10.7. The van der Waals surface area contributed by atoms with E-state index in [1.165, 1.54) is 23.5 Å². The Labute approximate surface area is 128 Å². The molecule has 1 atom stereocenters. The summed E-state index contributed by atoms with van der Waals surface area (Å²) < 4.78 is 19.2. The van der Waals surface area contributed by atoms with Gasteiger partial charge in [0.05, 0.1) is 6.61 Å². The normalized spacial score (nSPS) is 11.9. The average Bonchev–Trinajstić information content (AvgIpc) is 2.83. The van der Waals surface area contributed by atoms with Gasteiger partial charge in [0.15, 0.2) is 6.04 Å². The fourth-order valence-corrected chi connectivity index (χ4v) is 3.18. The highest BCUT2D eigenvalue weighted by atomic mass is 79.9. The topological polar surface area (TPSA) is 38.3 Å². The smallest absolute Gasteiger partial charge is 0.334 e. The zero-order valence-corrected chi connectivity index (χ0v) is 13.1. The maximum Gasteiger partial charge on any atom is 0.334 e. The van der Waals surface area contributed by atoms with Crippen molar-refractivity contribution in [2.45, 2.75) is 13.0 Å². The van der Waals surface area contributed by atoms with E-state index in [0.29, 0.717) is 12.3 Å². The third kappa shape index (κ3) is 3.80. The molecule has 0 fully saturated rings. The van der Waals surface area contributed by atoms with Crippen LogP contribution in [0.1, 0.15) is 17.8 Å². The van der Waals surface area contributed by atoms with Crippen LogP contribution >= 0.6 is 27.3 Å². The van der Waals surface area contributed by atoms with Crippen molar-refractivity contribution in [1.29, 1.82) is 0 Å². The van der Waals surface area contributed by atoms with Crippen molar-refractivity contribution in [2.75, 3.05) is 11.9 Å². The van der Waals surface area contributed by atoms with Crippen molar-refractivity contribution in [3.05, 3.63) is 50.9 Å². The highest BCUT2D eigenvalue weighted by molar-refractivity contribution is 9.10. The van der Waals surface area contributed by atoms with Gasteiger partial charge in [-0.25, -0.2) is 9.18 Å². The van der Waals surface area contributed by atoms with E-state index in [-0.39, 0.29) is 11.8 Å². The van der Waals surface area contributed by atoms with E-state index in [1.54, 1.807) is 19.1 Å². The van der Waals surface area contributed by atoms with E-state index in [4.69, 9.17) is 4.74 Å². The fourth-order valence-electron chi connectivity index (χ4n) is 1.70. The van der Waals surface area contributed by atoms with Gasteiger partial charge in [-0.2, -0.15) is 0 Å². The van der Waals surface area contributed by atoms with Crippen LogP contribution in [0.5, 0.6) is 0 Å². The predicted octanol–water partition coefficient (Wildman–Crippen LogP) is 4.37. The summed E-state index contributed by atoms with van der Waals surface area (Å²) in [5, 5.41) is 4.89. The van der Waals surface area contributed by atoms with Gasteiger partial charge in [0, 0.05) is 20.4 Å². The van der Waals surface area contributed by atoms with Crippen LogP contribution in [-0.4, -0.2) is 12.6 Å². The Balaban J connectivity index is 2.25. The number of benzene rings is 1. The molecule has 0 spiro atoms. The lowest BCUT2D eigenvalue weighted by molar-refractivity contribution is -0.144. The number of rotatable bonds is 5. The van der Waals surface area contributed by atoms with Crippen LogP contribution in [0.2, 0.25) is 0 Å². The lowest BCUT2D eigenvalue weighted by Gasteiger charge is -2.17. The van der Waals surface area contributed by atoms with Gasteiger partial charge in [0.2, 0.25) is 0 Å². The molecular formula is C14H13BrFNO2S. The maximum absolute atomic E-state index is 13.2. The number of anilines is 1. The van der Waals surface area contributed by atoms with Gasteiger partial charge < -0.3 is 10.1 Å². The molecule has 3 nitrogen and oxygen atoms in total. The van der Waals surface area contributed by atoms with Crippen LogP contribution in [0.4, 0.5) is 10.1 Å². The van der Waals surface area contributed by atoms with Crippen LogP contribution in [0.25, 0.3) is 0 Å². The number of hydrogen-bond donors (Lipinski definition) is 1. The van der Waals surface area contributed by atoms with Gasteiger partial charge in [-0.15, -0.1) is 11.3 Å². The SMILES string of the molecule is CCOC(=O)C(Nc1cccc(F)c1)c1cc(Br)cs1. The number of ether oxygens (including phenoxy) is 1. The number of esters is 1. The van der Waals surface area contributed by atoms with Crippen LogP contribution < -0.4 is 5.32 Å². The third-order valence-electron chi connectivity index (χ3n) is 2.53. The van der Waals surface area contributed by atoms with E-state index in [1.807, 2.05) is 11.4 Å². The van der Waals surface area contributed by atoms with Crippen molar-refractivity contribution in [3.63, 3.8) is 0 Å². The summed E-state index contributed by atoms with van der Waals surface area (Å²) in [6.45, 7) is 2.05. The molecule has 106 valence electrons. The molecule has 1 heterocycles. The van der Waals surface area contributed by atoms with E-state index < -0.39 is 6.04 Å². The Morgan fingerprint density at radius 1 is 1.50 bits per heavy atom. The van der Waals surface area contributed by atoms with Crippen LogP contribution in [0, 0.1) is 5.82 Å². The standard InChI is InChI=1S/C14H13BrFNO2S/c1-2-19-14(18)13(12-6-9(15)8-20-12)17-11-5-3-4-10(16)7-11/h3-8,13,17H,2H2,1H3. The molecule has 0 saturated carbocycles. The first-order valence-corrected chi connectivity index (χ1v) is 7.70. The number of hydrogen-bond acceptors (Lipinski definition) is 4. The highest BCUT2D eigenvalue weighted by Crippen LogP contribution is 2.29. The third-order valence-corrected chi connectivity index (χ3v) is 4.29. The molecule has 1 N–H and O–H groups in total. The number of carbonyl (C=O) groups excluding carboxylic acids is 1. The van der Waals surface area contributed by atoms with Gasteiger partial charge >= 0.3 is 5.97 Å². The highest BCUT2D eigenvalue weighted by Gasteiger charge is 2.23. The second kappa shape index (κ2) is 6.85. The summed E-state index contributed by atoms with van der Waals surface area (Å²) in [6, 6.07) is 7.19. The number of nitrogens with one attached hydrogen (secondary N) is 1. The molecule has 0 aliphatic rings. The molecule has 0 aliphatic heterocycles. The molecule has 6 heteroatoms. The van der Waals surface area contributed by atoms with Crippen LogP contribution in [0.15, 0.2) is 40.2 Å². The molecule has 2 aromatic rings. The van der Waals surface area contributed by atoms with Gasteiger partial charge in [-0.05, 0) is 47.1 Å². The van der Waals surface area contributed by atoms with E-state index in [2.05, 4.69) is 21.2 Å². The van der Waals surface area contributed by atoms with Crippen molar-refractivity contribution >= 4 is 38.9 Å². The first kappa shape index (κ1) is 15.0. The summed E-state index contributed by atoms with van der Waals surface area (Å²) in [5.74, 6) is -0.740. The Hall–Kier alpha value is -1.40. The van der Waals surface area contributed by atoms with Crippen molar-refractivity contribution < 1.29 is 13.9 Å². The molecule has 1 unspecified atom stereocenters. The van der Waals surface area contributed by atoms with Crippen LogP contribution in [0.3, 0.4) is 0 Å². The van der Waals surface area contributed by atoms with E-state index >= 15 is 0 Å². The molecule has 0 amide bonds. The summed E-state index contributed by atoms with van der Waals surface area (Å²) in [6.07, 6.45) is 0. The summed E-state index contributed by atoms with van der Waals surface area (Å²) in [7, 11) is 0. The maximum atomic E-state index is 13.2. The van der Waals surface area contributed by atoms with Gasteiger partial charge in [-0.1, -0.05) is 6.07 Å². The quantitative estimate of drug-likeness (QED) is 0.807. The molecule has 1 aromatic heterocycles. The molecule has 0 saturated heterocycles. The molecule has 0 aliphatic carbocycles. The minimum Gasteiger partial charge on any atom is -0.464 e. The number of halogens is 2.